The summed E-state index contributed by atoms with van der Waals surface area (Å²) in [6.45, 7) is 12.4. The van der Waals surface area contributed by atoms with E-state index in [9.17, 15) is 0 Å². The second kappa shape index (κ2) is 5.80. The highest BCUT2D eigenvalue weighted by molar-refractivity contribution is 5.57. The van der Waals surface area contributed by atoms with Crippen molar-refractivity contribution in [3.05, 3.63) is 35.9 Å². The molecule has 0 amide bonds. The fourth-order valence-electron chi connectivity index (χ4n) is 2.14. The number of hydrogen-bond donors (Lipinski definition) is 0. The minimum atomic E-state index is -0.0266. The zero-order valence-corrected chi connectivity index (χ0v) is 13.6. The zero-order chi connectivity index (χ0) is 15.6. The normalized spacial score (nSPS) is 11.8. The summed E-state index contributed by atoms with van der Waals surface area (Å²) in [6.07, 6.45) is 3.70. The van der Waals surface area contributed by atoms with Gasteiger partial charge >= 0.3 is 0 Å². The second-order valence-electron chi connectivity index (χ2n) is 6.49. The van der Waals surface area contributed by atoms with Gasteiger partial charge in [0.15, 0.2) is 0 Å². The fraction of sp³-hybridized carbons (Fsp3) is 0.471. The lowest BCUT2D eigenvalue weighted by Crippen LogP contribution is -2.17. The predicted molar refractivity (Wildman–Crippen MR) is 84.5 cm³/mol. The van der Waals surface area contributed by atoms with Crippen molar-refractivity contribution in [1.82, 2.24) is 15.0 Å². The van der Waals surface area contributed by atoms with Crippen LogP contribution in [-0.2, 0) is 5.41 Å². The molecule has 0 aliphatic heterocycles. The first-order valence-corrected chi connectivity index (χ1v) is 7.24. The van der Waals surface area contributed by atoms with Gasteiger partial charge in [0.2, 0.25) is 5.88 Å². The van der Waals surface area contributed by atoms with Gasteiger partial charge in [-0.25, -0.2) is 9.97 Å². The van der Waals surface area contributed by atoms with Gasteiger partial charge in [0.25, 0.3) is 0 Å². The first kappa shape index (κ1) is 15.4. The second-order valence-corrected chi connectivity index (χ2v) is 6.49. The third-order valence-corrected chi connectivity index (χ3v) is 3.05. The molecule has 0 spiro atoms. The standard InChI is InChI=1S/C17H23N3O/c1-11(2)21-15-8-7-13(9-19-15)14-10-18-12(3)16(20-14)17(4,5)6/h7-11H,1-6H3. The van der Waals surface area contributed by atoms with E-state index in [-0.39, 0.29) is 11.5 Å². The molecule has 2 heterocycles. The Morgan fingerprint density at radius 3 is 2.29 bits per heavy atom. The Bertz CT molecular complexity index is 613. The van der Waals surface area contributed by atoms with Crippen LogP contribution in [0.3, 0.4) is 0 Å². The van der Waals surface area contributed by atoms with Crippen LogP contribution in [-0.4, -0.2) is 21.1 Å². The summed E-state index contributed by atoms with van der Waals surface area (Å²) < 4.78 is 5.56. The molecule has 0 N–H and O–H groups in total. The number of nitrogens with zero attached hydrogens (tertiary/aromatic N) is 3. The van der Waals surface area contributed by atoms with Gasteiger partial charge < -0.3 is 4.74 Å². The molecule has 4 nitrogen and oxygen atoms in total. The molecule has 2 rings (SSSR count). The van der Waals surface area contributed by atoms with E-state index in [0.717, 1.165) is 22.6 Å². The molecule has 0 fully saturated rings. The highest BCUT2D eigenvalue weighted by atomic mass is 16.5. The van der Waals surface area contributed by atoms with E-state index >= 15 is 0 Å². The summed E-state index contributed by atoms with van der Waals surface area (Å²) >= 11 is 0. The fourth-order valence-corrected chi connectivity index (χ4v) is 2.14. The quantitative estimate of drug-likeness (QED) is 0.857. The minimum Gasteiger partial charge on any atom is -0.475 e. The SMILES string of the molecule is Cc1ncc(-c2ccc(OC(C)C)nc2)nc1C(C)(C)C. The van der Waals surface area contributed by atoms with Gasteiger partial charge in [-0.05, 0) is 26.8 Å². The molecule has 0 saturated carbocycles. The van der Waals surface area contributed by atoms with Gasteiger partial charge in [0.05, 0.1) is 29.4 Å². The molecule has 0 bridgehead atoms. The van der Waals surface area contributed by atoms with Crippen molar-refractivity contribution in [3.63, 3.8) is 0 Å². The van der Waals surface area contributed by atoms with Crippen LogP contribution in [0.15, 0.2) is 24.5 Å². The monoisotopic (exact) mass is 285 g/mol. The van der Waals surface area contributed by atoms with Crippen LogP contribution in [0.2, 0.25) is 0 Å². The maximum Gasteiger partial charge on any atom is 0.213 e. The molecule has 0 aliphatic rings. The highest BCUT2D eigenvalue weighted by Gasteiger charge is 2.19. The van der Waals surface area contributed by atoms with Crippen LogP contribution in [0.4, 0.5) is 0 Å². The number of rotatable bonds is 3. The van der Waals surface area contributed by atoms with E-state index in [1.54, 1.807) is 12.4 Å². The van der Waals surface area contributed by atoms with Gasteiger partial charge in [0, 0.05) is 23.2 Å². The Morgan fingerprint density at radius 1 is 1.05 bits per heavy atom. The smallest absolute Gasteiger partial charge is 0.213 e. The van der Waals surface area contributed by atoms with E-state index in [1.807, 2.05) is 32.9 Å². The van der Waals surface area contributed by atoms with Crippen molar-refractivity contribution in [2.75, 3.05) is 0 Å². The predicted octanol–water partition coefficient (Wildman–Crippen LogP) is 3.93. The van der Waals surface area contributed by atoms with E-state index in [0.29, 0.717) is 5.88 Å². The van der Waals surface area contributed by atoms with E-state index in [1.165, 1.54) is 0 Å². The Hall–Kier alpha value is -1.97. The minimum absolute atomic E-state index is 0.0266. The number of ether oxygens (including phenoxy) is 1. The number of pyridine rings is 1. The highest BCUT2D eigenvalue weighted by Crippen LogP contribution is 2.26. The van der Waals surface area contributed by atoms with Gasteiger partial charge in [-0.3, -0.25) is 4.98 Å². The molecule has 21 heavy (non-hydrogen) atoms. The van der Waals surface area contributed by atoms with Gasteiger partial charge in [0.1, 0.15) is 0 Å². The zero-order valence-electron chi connectivity index (χ0n) is 13.6. The number of hydrogen-bond acceptors (Lipinski definition) is 4. The third kappa shape index (κ3) is 3.78. The molecule has 0 atom stereocenters. The van der Waals surface area contributed by atoms with E-state index < -0.39 is 0 Å². The molecule has 0 unspecified atom stereocenters. The summed E-state index contributed by atoms with van der Waals surface area (Å²) in [5, 5.41) is 0. The van der Waals surface area contributed by atoms with Crippen molar-refractivity contribution in [3.8, 4) is 17.1 Å². The number of aromatic nitrogens is 3. The lowest BCUT2D eigenvalue weighted by molar-refractivity contribution is 0.232. The molecule has 0 aliphatic carbocycles. The third-order valence-electron chi connectivity index (χ3n) is 3.05. The molecule has 0 radical (unpaired) electrons. The molecule has 112 valence electrons. The van der Waals surface area contributed by atoms with Crippen LogP contribution in [0.1, 0.15) is 46.0 Å². The van der Waals surface area contributed by atoms with E-state index in [4.69, 9.17) is 9.72 Å². The lowest BCUT2D eigenvalue weighted by atomic mass is 9.90. The topological polar surface area (TPSA) is 47.9 Å². The average molecular weight is 285 g/mol. The van der Waals surface area contributed by atoms with Crippen LogP contribution in [0.5, 0.6) is 5.88 Å². The largest absolute Gasteiger partial charge is 0.475 e. The van der Waals surface area contributed by atoms with Gasteiger partial charge in [-0.2, -0.15) is 0 Å². The van der Waals surface area contributed by atoms with Crippen molar-refractivity contribution < 1.29 is 4.74 Å². The summed E-state index contributed by atoms with van der Waals surface area (Å²) in [5.74, 6) is 0.630. The van der Waals surface area contributed by atoms with Crippen LogP contribution in [0.25, 0.3) is 11.3 Å². The van der Waals surface area contributed by atoms with Crippen molar-refractivity contribution in [2.45, 2.75) is 53.1 Å². The Balaban J connectivity index is 2.34. The summed E-state index contributed by atoms with van der Waals surface area (Å²) in [4.78, 5) is 13.6. The van der Waals surface area contributed by atoms with Gasteiger partial charge in [-0.15, -0.1) is 0 Å². The van der Waals surface area contributed by atoms with Crippen LogP contribution < -0.4 is 4.74 Å². The average Bonchev–Trinajstić information content (AvgIpc) is 2.38. The molecular formula is C17H23N3O. The van der Waals surface area contributed by atoms with Gasteiger partial charge in [-0.1, -0.05) is 20.8 Å². The summed E-state index contributed by atoms with van der Waals surface area (Å²) in [7, 11) is 0. The molecule has 2 aromatic rings. The van der Waals surface area contributed by atoms with Crippen LogP contribution >= 0.6 is 0 Å². The maximum atomic E-state index is 5.56. The first-order chi connectivity index (χ1) is 9.77. The lowest BCUT2D eigenvalue weighted by Gasteiger charge is -2.20. The molecule has 0 aromatic carbocycles. The molecule has 0 saturated heterocycles. The number of aryl methyl sites for hydroxylation is 1. The van der Waals surface area contributed by atoms with Crippen molar-refractivity contribution in [2.24, 2.45) is 0 Å². The molecule has 2 aromatic heterocycles. The van der Waals surface area contributed by atoms with Crippen molar-refractivity contribution >= 4 is 0 Å². The Morgan fingerprint density at radius 2 is 1.76 bits per heavy atom. The van der Waals surface area contributed by atoms with E-state index in [2.05, 4.69) is 30.7 Å². The Kier molecular flexibility index (Phi) is 4.26. The summed E-state index contributed by atoms with van der Waals surface area (Å²) in [5.41, 5.74) is 3.75. The maximum absolute atomic E-state index is 5.56. The Labute approximate surface area is 126 Å². The molecule has 4 heteroatoms. The first-order valence-electron chi connectivity index (χ1n) is 7.24. The molecular weight excluding hydrogens is 262 g/mol. The van der Waals surface area contributed by atoms with Crippen molar-refractivity contribution in [1.29, 1.82) is 0 Å². The van der Waals surface area contributed by atoms with Crippen LogP contribution in [0, 0.1) is 6.92 Å². The summed E-state index contributed by atoms with van der Waals surface area (Å²) in [6, 6.07) is 3.84.